The number of carboxylic acids is 1. The molecule has 0 aliphatic heterocycles. The fourth-order valence-corrected chi connectivity index (χ4v) is 3.32. The van der Waals surface area contributed by atoms with Crippen LogP contribution in [0.2, 0.25) is 0 Å². The normalized spacial score (nSPS) is 14.3. The van der Waals surface area contributed by atoms with Gasteiger partial charge in [0.05, 0.1) is 4.88 Å². The van der Waals surface area contributed by atoms with Crippen LogP contribution in [-0.4, -0.2) is 35.0 Å². The van der Waals surface area contributed by atoms with Crippen molar-refractivity contribution >= 4 is 33.3 Å². The van der Waals surface area contributed by atoms with Crippen LogP contribution in [-0.2, 0) is 4.79 Å². The lowest BCUT2D eigenvalue weighted by molar-refractivity contribution is -0.137. The first-order valence-electron chi connectivity index (χ1n) is 6.73. The summed E-state index contributed by atoms with van der Waals surface area (Å²) in [5.74, 6) is -1.23. The van der Waals surface area contributed by atoms with Crippen molar-refractivity contribution < 1.29 is 19.1 Å². The molecule has 0 saturated heterocycles. The summed E-state index contributed by atoms with van der Waals surface area (Å²) >= 11 is 1.20. The molecule has 1 aliphatic carbocycles. The Morgan fingerprint density at radius 1 is 1.33 bits per heavy atom. The summed E-state index contributed by atoms with van der Waals surface area (Å²) in [4.78, 5) is 25.2. The van der Waals surface area contributed by atoms with Crippen molar-refractivity contribution in [2.24, 2.45) is 5.92 Å². The zero-order valence-corrected chi connectivity index (χ0v) is 12.0. The first-order valence-corrected chi connectivity index (χ1v) is 7.55. The van der Waals surface area contributed by atoms with E-state index in [2.05, 4.69) is 0 Å². The van der Waals surface area contributed by atoms with Crippen molar-refractivity contribution in [3.05, 3.63) is 35.0 Å². The predicted molar refractivity (Wildman–Crippen MR) is 78.0 cm³/mol. The number of nitrogens with zero attached hydrogens (tertiary/aromatic N) is 1. The summed E-state index contributed by atoms with van der Waals surface area (Å²) in [5.41, 5.74) is 0. The number of carbonyl (C=O) groups excluding carboxylic acids is 1. The first kappa shape index (κ1) is 14.0. The van der Waals surface area contributed by atoms with Crippen LogP contribution in [0.4, 0.5) is 4.39 Å². The van der Waals surface area contributed by atoms with Gasteiger partial charge < -0.3 is 10.0 Å². The molecule has 0 atom stereocenters. The van der Waals surface area contributed by atoms with Gasteiger partial charge in [0.25, 0.3) is 5.91 Å². The van der Waals surface area contributed by atoms with E-state index in [-0.39, 0.29) is 18.3 Å². The predicted octanol–water partition coefficient (Wildman–Crippen LogP) is 2.98. The molecule has 1 N–H and O–H groups in total. The standard InChI is InChI=1S/C15H14FNO3S/c16-11-4-3-10-5-13(21-12(10)6-11)15(20)17(8-14(18)19)7-9-1-2-9/h3-6,9H,1-2,7-8H2,(H,18,19). The molecule has 1 aliphatic rings. The van der Waals surface area contributed by atoms with Crippen LogP contribution in [0.15, 0.2) is 24.3 Å². The topological polar surface area (TPSA) is 57.6 Å². The van der Waals surface area contributed by atoms with Gasteiger partial charge >= 0.3 is 5.97 Å². The highest BCUT2D eigenvalue weighted by atomic mass is 32.1. The summed E-state index contributed by atoms with van der Waals surface area (Å²) < 4.78 is 13.9. The lowest BCUT2D eigenvalue weighted by Crippen LogP contribution is -2.36. The molecular weight excluding hydrogens is 293 g/mol. The van der Waals surface area contributed by atoms with E-state index in [1.807, 2.05) is 0 Å². The van der Waals surface area contributed by atoms with Crippen LogP contribution in [0, 0.1) is 11.7 Å². The number of aliphatic carboxylic acids is 1. The highest BCUT2D eigenvalue weighted by molar-refractivity contribution is 7.20. The van der Waals surface area contributed by atoms with Gasteiger partial charge in [-0.15, -0.1) is 11.3 Å². The number of thiophene rings is 1. The zero-order chi connectivity index (χ0) is 15.0. The molecule has 0 spiro atoms. The van der Waals surface area contributed by atoms with Gasteiger partial charge in [0.2, 0.25) is 0 Å². The number of carboxylic acid groups (broad SMARTS) is 1. The maximum Gasteiger partial charge on any atom is 0.323 e. The number of rotatable bonds is 5. The molecule has 0 radical (unpaired) electrons. The van der Waals surface area contributed by atoms with E-state index in [1.54, 1.807) is 12.1 Å². The second-order valence-electron chi connectivity index (χ2n) is 5.32. The maximum absolute atomic E-state index is 13.2. The van der Waals surface area contributed by atoms with Crippen LogP contribution in [0.1, 0.15) is 22.5 Å². The Morgan fingerprint density at radius 3 is 2.76 bits per heavy atom. The highest BCUT2D eigenvalue weighted by Gasteiger charge is 2.29. The van der Waals surface area contributed by atoms with E-state index in [4.69, 9.17) is 5.11 Å². The molecule has 1 fully saturated rings. The molecule has 2 aromatic rings. The van der Waals surface area contributed by atoms with E-state index in [9.17, 15) is 14.0 Å². The Labute approximate surface area is 124 Å². The average molecular weight is 307 g/mol. The number of halogens is 1. The average Bonchev–Trinajstić information content (AvgIpc) is 3.13. The second kappa shape index (κ2) is 5.44. The molecule has 0 bridgehead atoms. The number of benzene rings is 1. The van der Waals surface area contributed by atoms with Gasteiger partial charge in [-0.2, -0.15) is 0 Å². The molecule has 3 rings (SSSR count). The SMILES string of the molecule is O=C(O)CN(CC1CC1)C(=O)c1cc2ccc(F)cc2s1. The molecule has 0 unspecified atom stereocenters. The highest BCUT2D eigenvalue weighted by Crippen LogP contribution is 2.32. The van der Waals surface area contributed by atoms with Crippen molar-refractivity contribution in [2.75, 3.05) is 13.1 Å². The number of carbonyl (C=O) groups is 2. The van der Waals surface area contributed by atoms with Crippen molar-refractivity contribution in [1.82, 2.24) is 4.90 Å². The smallest absolute Gasteiger partial charge is 0.323 e. The maximum atomic E-state index is 13.2. The van der Waals surface area contributed by atoms with Crippen LogP contribution >= 0.6 is 11.3 Å². The summed E-state index contributed by atoms with van der Waals surface area (Å²) in [6, 6.07) is 6.06. The van der Waals surface area contributed by atoms with Crippen molar-refractivity contribution in [1.29, 1.82) is 0 Å². The summed E-state index contributed by atoms with van der Waals surface area (Å²) in [7, 11) is 0. The Balaban J connectivity index is 1.86. The Hall–Kier alpha value is -1.95. The number of hydrogen-bond donors (Lipinski definition) is 1. The molecule has 6 heteroatoms. The van der Waals surface area contributed by atoms with Gasteiger partial charge in [-0.3, -0.25) is 9.59 Å². The third-order valence-corrected chi connectivity index (χ3v) is 4.57. The Morgan fingerprint density at radius 2 is 2.10 bits per heavy atom. The van der Waals surface area contributed by atoms with Crippen molar-refractivity contribution in [2.45, 2.75) is 12.8 Å². The minimum absolute atomic E-state index is 0.286. The first-order chi connectivity index (χ1) is 10.0. The number of amides is 1. The molecule has 1 amide bonds. The number of fused-ring (bicyclic) bond motifs is 1. The van der Waals surface area contributed by atoms with Gasteiger partial charge in [0.1, 0.15) is 12.4 Å². The van der Waals surface area contributed by atoms with Crippen LogP contribution in [0.3, 0.4) is 0 Å². The molecule has 1 aromatic heterocycles. The van der Waals surface area contributed by atoms with E-state index in [0.29, 0.717) is 22.0 Å². The minimum Gasteiger partial charge on any atom is -0.480 e. The van der Waals surface area contributed by atoms with Gasteiger partial charge in [0.15, 0.2) is 0 Å². The lowest BCUT2D eigenvalue weighted by atomic mass is 10.2. The van der Waals surface area contributed by atoms with E-state index in [0.717, 1.165) is 18.2 Å². The molecule has 21 heavy (non-hydrogen) atoms. The van der Waals surface area contributed by atoms with Gasteiger partial charge in [-0.05, 0) is 42.3 Å². The fraction of sp³-hybridized carbons (Fsp3) is 0.333. The van der Waals surface area contributed by atoms with Gasteiger partial charge in [0, 0.05) is 11.2 Å². The number of hydrogen-bond acceptors (Lipinski definition) is 3. The van der Waals surface area contributed by atoms with Gasteiger partial charge in [-0.25, -0.2) is 4.39 Å². The Bertz CT molecular complexity index is 708. The molecular formula is C15H14FNO3S. The fourth-order valence-electron chi connectivity index (χ4n) is 2.26. The van der Waals surface area contributed by atoms with E-state index < -0.39 is 5.97 Å². The summed E-state index contributed by atoms with van der Waals surface area (Å²) in [5, 5.41) is 9.75. The van der Waals surface area contributed by atoms with Crippen molar-refractivity contribution in [3.63, 3.8) is 0 Å². The quantitative estimate of drug-likeness (QED) is 0.924. The van der Waals surface area contributed by atoms with Crippen LogP contribution < -0.4 is 0 Å². The molecule has 1 aromatic carbocycles. The third-order valence-electron chi connectivity index (χ3n) is 3.48. The second-order valence-corrected chi connectivity index (χ2v) is 6.40. The van der Waals surface area contributed by atoms with Gasteiger partial charge in [-0.1, -0.05) is 6.07 Å². The van der Waals surface area contributed by atoms with Crippen molar-refractivity contribution in [3.8, 4) is 0 Å². The monoisotopic (exact) mass is 307 g/mol. The minimum atomic E-state index is -1.02. The van der Waals surface area contributed by atoms with E-state index >= 15 is 0 Å². The molecule has 4 nitrogen and oxygen atoms in total. The van der Waals surface area contributed by atoms with Crippen LogP contribution in [0.25, 0.3) is 10.1 Å². The molecule has 1 saturated carbocycles. The van der Waals surface area contributed by atoms with Crippen LogP contribution in [0.5, 0.6) is 0 Å². The molecule has 110 valence electrons. The zero-order valence-electron chi connectivity index (χ0n) is 11.2. The third kappa shape index (κ3) is 3.21. The summed E-state index contributed by atoms with van der Waals surface area (Å²) in [6.45, 7) is 0.186. The largest absolute Gasteiger partial charge is 0.480 e. The lowest BCUT2D eigenvalue weighted by Gasteiger charge is -2.19. The Kier molecular flexibility index (Phi) is 3.63. The summed E-state index contributed by atoms with van der Waals surface area (Å²) in [6.07, 6.45) is 2.09. The molecule has 1 heterocycles. The van der Waals surface area contributed by atoms with E-state index in [1.165, 1.54) is 28.4 Å².